The minimum Gasteiger partial charge on any atom is -0.342 e. The second kappa shape index (κ2) is 6.39. The zero-order valence-corrected chi connectivity index (χ0v) is 9.16. The predicted octanol–water partition coefficient (Wildman–Crippen LogP) is 0.732. The molecule has 2 N–H and O–H groups in total. The lowest BCUT2D eigenvalue weighted by molar-refractivity contribution is -0.135. The van der Waals surface area contributed by atoms with Crippen molar-refractivity contribution in [3.8, 4) is 6.07 Å². The molecule has 0 aliphatic carbocycles. The highest BCUT2D eigenvalue weighted by atomic mass is 16.2. The van der Waals surface area contributed by atoms with E-state index in [1.165, 1.54) is 0 Å². The van der Waals surface area contributed by atoms with Crippen molar-refractivity contribution in [1.82, 2.24) is 4.90 Å². The lowest BCUT2D eigenvalue weighted by Gasteiger charge is -2.25. The van der Waals surface area contributed by atoms with E-state index in [1.54, 1.807) is 11.9 Å². The van der Waals surface area contributed by atoms with Gasteiger partial charge in [-0.2, -0.15) is 5.26 Å². The lowest BCUT2D eigenvalue weighted by Crippen LogP contribution is -2.38. The molecule has 2 atom stereocenters. The van der Waals surface area contributed by atoms with Crippen LogP contribution in [0.25, 0.3) is 0 Å². The van der Waals surface area contributed by atoms with Gasteiger partial charge in [0.05, 0.1) is 12.5 Å². The highest BCUT2D eigenvalue weighted by molar-refractivity contribution is 5.78. The summed E-state index contributed by atoms with van der Waals surface area (Å²) in [5, 5.41) is 8.50. The van der Waals surface area contributed by atoms with E-state index in [-0.39, 0.29) is 17.9 Å². The average Bonchev–Trinajstić information content (AvgIpc) is 2.16. The predicted molar refractivity (Wildman–Crippen MR) is 55.3 cm³/mol. The Hall–Kier alpha value is -1.08. The van der Waals surface area contributed by atoms with Gasteiger partial charge in [-0.15, -0.1) is 0 Å². The van der Waals surface area contributed by atoms with E-state index in [0.717, 1.165) is 0 Å². The summed E-state index contributed by atoms with van der Waals surface area (Å²) in [5.41, 5.74) is 5.38. The standard InChI is InChI=1S/C10H19N3O/c1-8(4-6-11)10(14)13(3)9(2)5-7-12/h8-9H,4-6,11H2,1-3H3. The number of hydrogen-bond donors (Lipinski definition) is 1. The van der Waals surface area contributed by atoms with E-state index in [2.05, 4.69) is 6.07 Å². The number of nitrogens with two attached hydrogens (primary N) is 1. The van der Waals surface area contributed by atoms with E-state index in [9.17, 15) is 4.79 Å². The first kappa shape index (κ1) is 12.9. The largest absolute Gasteiger partial charge is 0.342 e. The maximum Gasteiger partial charge on any atom is 0.225 e. The Morgan fingerprint density at radius 1 is 1.57 bits per heavy atom. The Kier molecular flexibility index (Phi) is 5.89. The van der Waals surface area contributed by atoms with Crippen LogP contribution in [-0.4, -0.2) is 30.4 Å². The van der Waals surface area contributed by atoms with E-state index in [0.29, 0.717) is 19.4 Å². The Labute approximate surface area is 85.7 Å². The molecule has 14 heavy (non-hydrogen) atoms. The first-order valence-corrected chi connectivity index (χ1v) is 4.88. The third kappa shape index (κ3) is 3.75. The molecular weight excluding hydrogens is 178 g/mol. The molecule has 4 heteroatoms. The van der Waals surface area contributed by atoms with Gasteiger partial charge in [0.2, 0.25) is 5.91 Å². The number of nitriles is 1. The molecule has 0 radical (unpaired) electrons. The normalized spacial score (nSPS) is 14.2. The molecule has 4 nitrogen and oxygen atoms in total. The van der Waals surface area contributed by atoms with Crippen molar-refractivity contribution in [2.75, 3.05) is 13.6 Å². The van der Waals surface area contributed by atoms with Crippen LogP contribution in [0.4, 0.5) is 0 Å². The quantitative estimate of drug-likeness (QED) is 0.706. The highest BCUT2D eigenvalue weighted by Crippen LogP contribution is 2.09. The van der Waals surface area contributed by atoms with Crippen LogP contribution in [0.5, 0.6) is 0 Å². The summed E-state index contributed by atoms with van der Waals surface area (Å²) in [6.07, 6.45) is 1.07. The van der Waals surface area contributed by atoms with Gasteiger partial charge in [0, 0.05) is 19.0 Å². The van der Waals surface area contributed by atoms with Crippen LogP contribution in [-0.2, 0) is 4.79 Å². The summed E-state index contributed by atoms with van der Waals surface area (Å²) in [4.78, 5) is 13.3. The van der Waals surface area contributed by atoms with Gasteiger partial charge in [-0.3, -0.25) is 4.79 Å². The third-order valence-electron chi connectivity index (χ3n) is 2.42. The van der Waals surface area contributed by atoms with Crippen LogP contribution < -0.4 is 5.73 Å². The zero-order chi connectivity index (χ0) is 11.1. The molecule has 0 spiro atoms. The topological polar surface area (TPSA) is 70.1 Å². The lowest BCUT2D eigenvalue weighted by atomic mass is 10.1. The van der Waals surface area contributed by atoms with Gasteiger partial charge < -0.3 is 10.6 Å². The van der Waals surface area contributed by atoms with Crippen molar-refractivity contribution in [3.63, 3.8) is 0 Å². The van der Waals surface area contributed by atoms with Crippen LogP contribution in [0.3, 0.4) is 0 Å². The SMILES string of the molecule is CC(CCN)C(=O)N(C)C(C)CC#N. The number of carbonyl (C=O) groups is 1. The van der Waals surface area contributed by atoms with Gasteiger partial charge in [0.1, 0.15) is 0 Å². The Balaban J connectivity index is 4.17. The first-order chi connectivity index (χ1) is 6.54. The second-order valence-electron chi connectivity index (χ2n) is 3.64. The van der Waals surface area contributed by atoms with Crippen molar-refractivity contribution in [2.24, 2.45) is 11.7 Å². The fourth-order valence-electron chi connectivity index (χ4n) is 1.21. The molecule has 0 rings (SSSR count). The molecule has 0 aromatic rings. The van der Waals surface area contributed by atoms with Gasteiger partial charge in [-0.25, -0.2) is 0 Å². The summed E-state index contributed by atoms with van der Waals surface area (Å²) < 4.78 is 0. The van der Waals surface area contributed by atoms with Crippen molar-refractivity contribution in [1.29, 1.82) is 5.26 Å². The van der Waals surface area contributed by atoms with E-state index in [4.69, 9.17) is 11.0 Å². The molecule has 0 aromatic heterocycles. The molecule has 0 aromatic carbocycles. The van der Waals surface area contributed by atoms with Crippen LogP contribution in [0, 0.1) is 17.2 Å². The molecule has 0 aliphatic heterocycles. The summed E-state index contributed by atoms with van der Waals surface area (Å²) in [7, 11) is 1.73. The van der Waals surface area contributed by atoms with Crippen LogP contribution in [0.2, 0.25) is 0 Å². The fraction of sp³-hybridized carbons (Fsp3) is 0.800. The highest BCUT2D eigenvalue weighted by Gasteiger charge is 2.20. The summed E-state index contributed by atoms with van der Waals surface area (Å²) in [6.45, 7) is 4.26. The van der Waals surface area contributed by atoms with Crippen molar-refractivity contribution < 1.29 is 4.79 Å². The van der Waals surface area contributed by atoms with Crippen LogP contribution in [0.1, 0.15) is 26.7 Å². The van der Waals surface area contributed by atoms with E-state index < -0.39 is 0 Å². The minimum absolute atomic E-state index is 0.0206. The minimum atomic E-state index is -0.0499. The molecule has 1 amide bonds. The molecule has 0 saturated carbocycles. The molecule has 0 fully saturated rings. The van der Waals surface area contributed by atoms with E-state index in [1.807, 2.05) is 13.8 Å². The maximum atomic E-state index is 11.7. The molecule has 0 saturated heterocycles. The average molecular weight is 197 g/mol. The van der Waals surface area contributed by atoms with Crippen LogP contribution >= 0.6 is 0 Å². The van der Waals surface area contributed by atoms with Crippen LogP contribution in [0.15, 0.2) is 0 Å². The van der Waals surface area contributed by atoms with Gasteiger partial charge in [-0.1, -0.05) is 6.92 Å². The van der Waals surface area contributed by atoms with Gasteiger partial charge in [0.15, 0.2) is 0 Å². The fourth-order valence-corrected chi connectivity index (χ4v) is 1.21. The monoisotopic (exact) mass is 197 g/mol. The third-order valence-corrected chi connectivity index (χ3v) is 2.42. The number of rotatable bonds is 5. The zero-order valence-electron chi connectivity index (χ0n) is 9.16. The number of hydrogen-bond acceptors (Lipinski definition) is 3. The van der Waals surface area contributed by atoms with Gasteiger partial charge >= 0.3 is 0 Å². The Morgan fingerprint density at radius 3 is 2.57 bits per heavy atom. The van der Waals surface area contributed by atoms with Crippen molar-refractivity contribution in [2.45, 2.75) is 32.7 Å². The molecular formula is C10H19N3O. The molecule has 0 bridgehead atoms. The van der Waals surface area contributed by atoms with Gasteiger partial charge in [-0.05, 0) is 19.9 Å². The summed E-state index contributed by atoms with van der Waals surface area (Å²) in [6, 6.07) is 2.03. The molecule has 0 aliphatic rings. The Bertz CT molecular complexity index is 222. The second-order valence-corrected chi connectivity index (χ2v) is 3.64. The molecule has 0 heterocycles. The van der Waals surface area contributed by atoms with Gasteiger partial charge in [0.25, 0.3) is 0 Å². The van der Waals surface area contributed by atoms with Crippen molar-refractivity contribution >= 4 is 5.91 Å². The summed E-state index contributed by atoms with van der Waals surface area (Å²) >= 11 is 0. The number of amides is 1. The Morgan fingerprint density at radius 2 is 2.14 bits per heavy atom. The number of carbonyl (C=O) groups excluding carboxylic acids is 1. The van der Waals surface area contributed by atoms with E-state index >= 15 is 0 Å². The molecule has 2 unspecified atom stereocenters. The number of nitrogens with zero attached hydrogens (tertiary/aromatic N) is 2. The summed E-state index contributed by atoms with van der Waals surface area (Å²) in [5.74, 6) is 0.0179. The smallest absolute Gasteiger partial charge is 0.225 e. The molecule has 80 valence electrons. The maximum absolute atomic E-state index is 11.7. The first-order valence-electron chi connectivity index (χ1n) is 4.88. The van der Waals surface area contributed by atoms with Crippen molar-refractivity contribution in [3.05, 3.63) is 0 Å².